The summed E-state index contributed by atoms with van der Waals surface area (Å²) in [5.41, 5.74) is 1.29. The molecule has 3 atom stereocenters. The summed E-state index contributed by atoms with van der Waals surface area (Å²) in [7, 11) is 1.21. The molecule has 3 unspecified atom stereocenters. The molecule has 0 amide bonds. The number of nitrogens with one attached hydrogen (secondary N) is 1. The van der Waals surface area contributed by atoms with Crippen LogP contribution in [-0.2, 0) is 23.9 Å². The van der Waals surface area contributed by atoms with Crippen molar-refractivity contribution in [1.82, 2.24) is 5.32 Å². The summed E-state index contributed by atoms with van der Waals surface area (Å²) >= 11 is 1.61. The predicted octanol–water partition coefficient (Wildman–Crippen LogP) is 3.50. The molecule has 0 fully saturated rings. The average molecular weight is 489 g/mol. The van der Waals surface area contributed by atoms with Crippen molar-refractivity contribution in [2.75, 3.05) is 25.2 Å². The van der Waals surface area contributed by atoms with Gasteiger partial charge < -0.3 is 14.8 Å². The van der Waals surface area contributed by atoms with Gasteiger partial charge in [-0.1, -0.05) is 32.0 Å². The Kier molecular flexibility index (Phi) is 8.14. The van der Waals surface area contributed by atoms with E-state index in [4.69, 9.17) is 9.47 Å². The molecule has 0 aromatic heterocycles. The zero-order valence-electron chi connectivity index (χ0n) is 19.6. The van der Waals surface area contributed by atoms with Crippen molar-refractivity contribution < 1.29 is 28.8 Å². The maximum absolute atomic E-state index is 13.7. The molecule has 0 bridgehead atoms. The number of ketones is 1. The van der Waals surface area contributed by atoms with Crippen LogP contribution in [0.4, 0.5) is 5.69 Å². The number of nitro groups is 1. The third kappa shape index (κ3) is 4.86. The van der Waals surface area contributed by atoms with Crippen molar-refractivity contribution in [2.45, 2.75) is 33.1 Å². The van der Waals surface area contributed by atoms with Crippen molar-refractivity contribution in [3.05, 3.63) is 62.5 Å². The van der Waals surface area contributed by atoms with Crippen LogP contribution in [0.2, 0.25) is 0 Å². The molecule has 1 aromatic rings. The van der Waals surface area contributed by atoms with Gasteiger partial charge in [-0.2, -0.15) is 11.8 Å². The summed E-state index contributed by atoms with van der Waals surface area (Å²) in [5.74, 6) is -2.80. The van der Waals surface area contributed by atoms with E-state index >= 15 is 0 Å². The number of para-hydroxylation sites is 1. The Bertz CT molecular complexity index is 1080. The molecule has 9 nitrogen and oxygen atoms in total. The third-order valence-electron chi connectivity index (χ3n) is 6.07. The first kappa shape index (κ1) is 25.5. The van der Waals surface area contributed by atoms with Crippen molar-refractivity contribution in [3.8, 4) is 0 Å². The van der Waals surface area contributed by atoms with Crippen molar-refractivity contribution >= 4 is 35.2 Å². The number of hydrogen-bond donors (Lipinski definition) is 1. The fourth-order valence-corrected chi connectivity index (χ4v) is 5.07. The molecule has 1 aromatic carbocycles. The Balaban J connectivity index is 2.16. The van der Waals surface area contributed by atoms with Crippen LogP contribution in [0.5, 0.6) is 0 Å². The van der Waals surface area contributed by atoms with Crippen LogP contribution in [0.1, 0.15) is 38.7 Å². The number of nitrogens with zero attached hydrogens (tertiary/aromatic N) is 1. The summed E-state index contributed by atoms with van der Waals surface area (Å²) in [6.07, 6.45) is 0.352. The van der Waals surface area contributed by atoms with Gasteiger partial charge in [-0.05, 0) is 25.0 Å². The first-order chi connectivity index (χ1) is 16.2. The molecule has 10 heteroatoms. The molecule has 0 radical (unpaired) electrons. The summed E-state index contributed by atoms with van der Waals surface area (Å²) in [6, 6.07) is 6.01. The van der Waals surface area contributed by atoms with E-state index in [1.165, 1.54) is 25.3 Å². The standard InChI is InChI=1S/C24H28N2O7S/c1-5-34-11-10-33-24(29)19-14(3)25-16-12-13(2)18(23(28)32-4)22(27)21(16)20(19)15-8-6-7-9-17(15)26(30)31/h6-9,13,18,20,25H,5,10-12H2,1-4H3. The molecule has 1 heterocycles. The van der Waals surface area contributed by atoms with Crippen LogP contribution in [-0.4, -0.2) is 47.9 Å². The Morgan fingerprint density at radius 2 is 2.00 bits per heavy atom. The van der Waals surface area contributed by atoms with Crippen LogP contribution in [0.3, 0.4) is 0 Å². The number of thioether (sulfide) groups is 1. The number of esters is 2. The van der Waals surface area contributed by atoms with E-state index in [2.05, 4.69) is 5.32 Å². The molecule has 34 heavy (non-hydrogen) atoms. The lowest BCUT2D eigenvalue weighted by atomic mass is 9.69. The number of ether oxygens (including phenoxy) is 2. The molecule has 3 rings (SSSR count). The van der Waals surface area contributed by atoms with Crippen LogP contribution < -0.4 is 5.32 Å². The van der Waals surface area contributed by atoms with Crippen LogP contribution in [0.25, 0.3) is 0 Å². The second-order valence-electron chi connectivity index (χ2n) is 8.18. The Labute approximate surface area is 202 Å². The molecule has 0 spiro atoms. The zero-order valence-corrected chi connectivity index (χ0v) is 20.4. The molecule has 1 aliphatic carbocycles. The maximum Gasteiger partial charge on any atom is 0.336 e. The normalized spacial score (nSPS) is 22.1. The molecule has 1 N–H and O–H groups in total. The fourth-order valence-electron chi connectivity index (χ4n) is 4.58. The topological polar surface area (TPSA) is 125 Å². The summed E-state index contributed by atoms with van der Waals surface area (Å²) < 4.78 is 10.4. The molecule has 182 valence electrons. The minimum Gasteiger partial charge on any atom is -0.468 e. The highest BCUT2D eigenvalue weighted by atomic mass is 32.2. The smallest absolute Gasteiger partial charge is 0.336 e. The molecular formula is C24H28N2O7S. The number of Topliss-reactive ketones (excluding diaryl/α,β-unsaturated/α-hetero) is 1. The van der Waals surface area contributed by atoms with Crippen LogP contribution in [0.15, 0.2) is 46.8 Å². The fraction of sp³-hybridized carbons (Fsp3) is 0.458. The molecule has 1 aliphatic heterocycles. The maximum atomic E-state index is 13.7. The van der Waals surface area contributed by atoms with Gasteiger partial charge in [0.05, 0.1) is 23.5 Å². The number of benzene rings is 1. The summed E-state index contributed by atoms with van der Waals surface area (Å²) in [6.45, 7) is 5.62. The van der Waals surface area contributed by atoms with E-state index in [0.717, 1.165) is 5.75 Å². The van der Waals surface area contributed by atoms with Gasteiger partial charge in [-0.3, -0.25) is 19.7 Å². The number of allylic oxidation sites excluding steroid dienone is 3. The third-order valence-corrected chi connectivity index (χ3v) is 6.94. The number of carbonyl (C=O) groups is 3. The Hall–Kier alpha value is -3.14. The van der Waals surface area contributed by atoms with E-state index in [0.29, 0.717) is 23.6 Å². The van der Waals surface area contributed by atoms with Gasteiger partial charge in [0.15, 0.2) is 5.78 Å². The number of hydrogen-bond acceptors (Lipinski definition) is 9. The van der Waals surface area contributed by atoms with E-state index in [1.807, 2.05) is 6.92 Å². The lowest BCUT2D eigenvalue weighted by Crippen LogP contribution is -2.43. The van der Waals surface area contributed by atoms with E-state index < -0.39 is 34.5 Å². The average Bonchev–Trinajstić information content (AvgIpc) is 2.80. The second-order valence-corrected chi connectivity index (χ2v) is 9.58. The molecule has 0 saturated heterocycles. The minimum atomic E-state index is -1.06. The van der Waals surface area contributed by atoms with Crippen molar-refractivity contribution in [1.29, 1.82) is 0 Å². The Morgan fingerprint density at radius 3 is 2.65 bits per heavy atom. The molecule has 2 aliphatic rings. The first-order valence-electron chi connectivity index (χ1n) is 11.0. The van der Waals surface area contributed by atoms with Crippen LogP contribution in [0, 0.1) is 22.0 Å². The number of nitro benzene ring substituents is 1. The van der Waals surface area contributed by atoms with Gasteiger partial charge in [0.25, 0.3) is 5.69 Å². The number of rotatable bonds is 8. The monoisotopic (exact) mass is 488 g/mol. The highest BCUT2D eigenvalue weighted by molar-refractivity contribution is 7.99. The van der Waals surface area contributed by atoms with Crippen molar-refractivity contribution in [2.24, 2.45) is 11.8 Å². The summed E-state index contributed by atoms with van der Waals surface area (Å²) in [4.78, 5) is 50.7. The van der Waals surface area contributed by atoms with Gasteiger partial charge in [0, 0.05) is 34.3 Å². The zero-order chi connectivity index (χ0) is 25.0. The lowest BCUT2D eigenvalue weighted by molar-refractivity contribution is -0.385. The number of methoxy groups -OCH3 is 1. The molecular weight excluding hydrogens is 460 g/mol. The van der Waals surface area contributed by atoms with Crippen LogP contribution >= 0.6 is 11.8 Å². The quantitative estimate of drug-likeness (QED) is 0.192. The summed E-state index contributed by atoms with van der Waals surface area (Å²) in [5, 5.41) is 15.0. The largest absolute Gasteiger partial charge is 0.468 e. The van der Waals surface area contributed by atoms with Gasteiger partial charge in [0.1, 0.15) is 12.5 Å². The second kappa shape index (κ2) is 10.9. The van der Waals surface area contributed by atoms with Gasteiger partial charge >= 0.3 is 11.9 Å². The Morgan fingerprint density at radius 1 is 1.29 bits per heavy atom. The lowest BCUT2D eigenvalue weighted by Gasteiger charge is -2.38. The van der Waals surface area contributed by atoms with Gasteiger partial charge in [-0.25, -0.2) is 4.79 Å². The highest BCUT2D eigenvalue weighted by Crippen LogP contribution is 2.47. The van der Waals surface area contributed by atoms with Gasteiger partial charge in [0.2, 0.25) is 0 Å². The number of dihydropyridines is 1. The molecule has 0 saturated carbocycles. The van der Waals surface area contributed by atoms with Gasteiger partial charge in [-0.15, -0.1) is 0 Å². The van der Waals surface area contributed by atoms with Crippen molar-refractivity contribution in [3.63, 3.8) is 0 Å². The SMILES string of the molecule is CCSCCOC(=O)C1=C(C)NC2=C(C(=O)C(C(=O)OC)C(C)C2)C1c1ccccc1[N+](=O)[O-]. The van der Waals surface area contributed by atoms with E-state index in [1.54, 1.807) is 31.7 Å². The number of carbonyl (C=O) groups excluding carboxylic acids is 3. The first-order valence-corrected chi connectivity index (χ1v) is 12.2. The van der Waals surface area contributed by atoms with E-state index in [-0.39, 0.29) is 34.9 Å². The predicted molar refractivity (Wildman–Crippen MR) is 127 cm³/mol. The van der Waals surface area contributed by atoms with E-state index in [9.17, 15) is 24.5 Å². The highest BCUT2D eigenvalue weighted by Gasteiger charge is 2.48. The minimum absolute atomic E-state index is 0.126.